The number of nitrogens with one attached hydrogen (secondary N) is 1. The van der Waals surface area contributed by atoms with Gasteiger partial charge in [0.25, 0.3) is 15.9 Å². The summed E-state index contributed by atoms with van der Waals surface area (Å²) in [5, 5.41) is 1.67. The zero-order chi connectivity index (χ0) is 19.7. The van der Waals surface area contributed by atoms with E-state index in [1.807, 2.05) is 19.1 Å². The van der Waals surface area contributed by atoms with Crippen molar-refractivity contribution in [1.29, 1.82) is 0 Å². The van der Waals surface area contributed by atoms with E-state index in [1.54, 1.807) is 22.4 Å². The van der Waals surface area contributed by atoms with Crippen LogP contribution in [-0.4, -0.2) is 56.8 Å². The predicted octanol–water partition coefficient (Wildman–Crippen LogP) is 3.03. The summed E-state index contributed by atoms with van der Waals surface area (Å²) in [6.07, 6.45) is 2.65. The molecule has 4 rings (SSSR count). The standard InChI is InChI=1S/C20H25N3O3S2/c1-15-2-6-17(7-3-15)21-28(25,26)18-8-13-27-19(18)20(24)23-11-9-22(10-12-23)14-16-4-5-16/h2-3,6-8,13,16,21H,4-5,9-12,14H2,1H3. The quantitative estimate of drug-likeness (QED) is 0.781. The number of hydrogen-bond donors (Lipinski definition) is 1. The van der Waals surface area contributed by atoms with E-state index in [0.717, 1.165) is 31.1 Å². The molecule has 2 heterocycles. The summed E-state index contributed by atoms with van der Waals surface area (Å²) in [6.45, 7) is 6.08. The number of rotatable bonds is 6. The maximum atomic E-state index is 13.0. The van der Waals surface area contributed by atoms with E-state index in [2.05, 4.69) is 9.62 Å². The molecule has 6 nitrogen and oxygen atoms in total. The van der Waals surface area contributed by atoms with Gasteiger partial charge in [0, 0.05) is 38.4 Å². The van der Waals surface area contributed by atoms with Crippen molar-refractivity contribution in [2.45, 2.75) is 24.7 Å². The minimum Gasteiger partial charge on any atom is -0.335 e. The normalized spacial score (nSPS) is 18.2. The Kier molecular flexibility index (Phi) is 5.44. The number of nitrogens with zero attached hydrogens (tertiary/aromatic N) is 2. The Bertz CT molecular complexity index is 941. The number of thiophene rings is 1. The third kappa shape index (κ3) is 4.39. The van der Waals surface area contributed by atoms with Gasteiger partial charge in [-0.25, -0.2) is 8.42 Å². The fourth-order valence-electron chi connectivity index (χ4n) is 3.44. The van der Waals surface area contributed by atoms with Gasteiger partial charge in [-0.3, -0.25) is 14.4 Å². The average molecular weight is 420 g/mol. The highest BCUT2D eigenvalue weighted by Gasteiger charge is 2.31. The predicted molar refractivity (Wildman–Crippen MR) is 111 cm³/mol. The highest BCUT2D eigenvalue weighted by atomic mass is 32.2. The van der Waals surface area contributed by atoms with Gasteiger partial charge < -0.3 is 4.90 Å². The molecular formula is C20H25N3O3S2. The number of amides is 1. The second-order valence-corrected chi connectivity index (χ2v) is 10.2. The van der Waals surface area contributed by atoms with Crippen LogP contribution >= 0.6 is 11.3 Å². The van der Waals surface area contributed by atoms with Crippen molar-refractivity contribution in [1.82, 2.24) is 9.80 Å². The summed E-state index contributed by atoms with van der Waals surface area (Å²) in [5.74, 6) is 0.648. The summed E-state index contributed by atoms with van der Waals surface area (Å²) in [4.78, 5) is 17.5. The van der Waals surface area contributed by atoms with Gasteiger partial charge in [0.1, 0.15) is 9.77 Å². The summed E-state index contributed by atoms with van der Waals surface area (Å²) in [5.41, 5.74) is 1.54. The maximum absolute atomic E-state index is 13.0. The second kappa shape index (κ2) is 7.85. The van der Waals surface area contributed by atoms with Crippen LogP contribution in [0.1, 0.15) is 28.1 Å². The highest BCUT2D eigenvalue weighted by Crippen LogP contribution is 2.30. The lowest BCUT2D eigenvalue weighted by Crippen LogP contribution is -2.49. The molecule has 0 radical (unpaired) electrons. The van der Waals surface area contributed by atoms with Crippen molar-refractivity contribution < 1.29 is 13.2 Å². The summed E-state index contributed by atoms with van der Waals surface area (Å²) in [7, 11) is -3.81. The van der Waals surface area contributed by atoms with Crippen LogP contribution in [0.4, 0.5) is 5.69 Å². The van der Waals surface area contributed by atoms with Crippen LogP contribution in [0, 0.1) is 12.8 Å². The van der Waals surface area contributed by atoms with Crippen LogP contribution in [0.3, 0.4) is 0 Å². The van der Waals surface area contributed by atoms with Crippen molar-refractivity contribution >= 4 is 33.0 Å². The molecule has 1 aliphatic heterocycles. The van der Waals surface area contributed by atoms with E-state index in [-0.39, 0.29) is 15.7 Å². The van der Waals surface area contributed by atoms with Gasteiger partial charge in [-0.15, -0.1) is 11.3 Å². The van der Waals surface area contributed by atoms with Gasteiger partial charge in [0.2, 0.25) is 0 Å². The Balaban J connectivity index is 1.45. The molecule has 28 heavy (non-hydrogen) atoms. The summed E-state index contributed by atoms with van der Waals surface area (Å²) < 4.78 is 28.3. The smallest absolute Gasteiger partial charge is 0.265 e. The van der Waals surface area contributed by atoms with Gasteiger partial charge in [0.05, 0.1) is 0 Å². The third-order valence-electron chi connectivity index (χ3n) is 5.29. The SMILES string of the molecule is Cc1ccc(NS(=O)(=O)c2ccsc2C(=O)N2CCN(CC3CC3)CC2)cc1. The lowest BCUT2D eigenvalue weighted by Gasteiger charge is -2.34. The van der Waals surface area contributed by atoms with Crippen LogP contribution in [-0.2, 0) is 10.0 Å². The van der Waals surface area contributed by atoms with Gasteiger partial charge in [-0.2, -0.15) is 0 Å². The van der Waals surface area contributed by atoms with Crippen molar-refractivity contribution in [3.8, 4) is 0 Å². The molecular weight excluding hydrogens is 394 g/mol. The van der Waals surface area contributed by atoms with E-state index in [9.17, 15) is 13.2 Å². The molecule has 1 aliphatic carbocycles. The molecule has 0 spiro atoms. The van der Waals surface area contributed by atoms with Crippen LogP contribution in [0.2, 0.25) is 0 Å². The average Bonchev–Trinajstić information content (AvgIpc) is 3.34. The molecule has 1 saturated carbocycles. The van der Waals surface area contributed by atoms with Gasteiger partial charge in [-0.05, 0) is 49.3 Å². The Hall–Kier alpha value is -1.90. The Morgan fingerprint density at radius 2 is 1.79 bits per heavy atom. The van der Waals surface area contributed by atoms with E-state index >= 15 is 0 Å². The molecule has 1 aromatic carbocycles. The lowest BCUT2D eigenvalue weighted by atomic mass is 10.2. The molecule has 0 bridgehead atoms. The molecule has 0 unspecified atom stereocenters. The van der Waals surface area contributed by atoms with Crippen LogP contribution in [0.15, 0.2) is 40.6 Å². The van der Waals surface area contributed by atoms with E-state index in [4.69, 9.17) is 0 Å². The Labute approximate surface area is 170 Å². The molecule has 1 saturated heterocycles. The zero-order valence-electron chi connectivity index (χ0n) is 15.9. The third-order valence-corrected chi connectivity index (χ3v) is 7.74. The summed E-state index contributed by atoms with van der Waals surface area (Å²) >= 11 is 1.19. The molecule has 150 valence electrons. The molecule has 1 N–H and O–H groups in total. The number of aryl methyl sites for hydroxylation is 1. The minimum absolute atomic E-state index is 0.0588. The molecule has 0 atom stereocenters. The molecule has 2 aromatic rings. The minimum atomic E-state index is -3.81. The maximum Gasteiger partial charge on any atom is 0.265 e. The van der Waals surface area contributed by atoms with Crippen LogP contribution < -0.4 is 4.72 Å². The first kappa shape index (κ1) is 19.4. The number of carbonyl (C=O) groups is 1. The molecule has 1 amide bonds. The fraction of sp³-hybridized carbons (Fsp3) is 0.450. The number of benzene rings is 1. The van der Waals surface area contributed by atoms with E-state index in [0.29, 0.717) is 18.8 Å². The van der Waals surface area contributed by atoms with Gasteiger partial charge >= 0.3 is 0 Å². The summed E-state index contributed by atoms with van der Waals surface area (Å²) in [6, 6.07) is 8.65. The molecule has 8 heteroatoms. The zero-order valence-corrected chi connectivity index (χ0v) is 17.6. The van der Waals surface area contributed by atoms with Crippen molar-refractivity contribution in [3.63, 3.8) is 0 Å². The lowest BCUT2D eigenvalue weighted by molar-refractivity contribution is 0.0633. The fourth-order valence-corrected chi connectivity index (χ4v) is 5.89. The number of piperazine rings is 1. The first-order valence-electron chi connectivity index (χ1n) is 9.61. The first-order chi connectivity index (χ1) is 13.4. The molecule has 2 aliphatic rings. The topological polar surface area (TPSA) is 69.7 Å². The van der Waals surface area contributed by atoms with E-state index < -0.39 is 10.0 Å². The largest absolute Gasteiger partial charge is 0.335 e. The van der Waals surface area contributed by atoms with Crippen molar-refractivity contribution in [3.05, 3.63) is 46.2 Å². The van der Waals surface area contributed by atoms with Gasteiger partial charge in [0.15, 0.2) is 0 Å². The van der Waals surface area contributed by atoms with Crippen LogP contribution in [0.5, 0.6) is 0 Å². The molecule has 1 aromatic heterocycles. The number of hydrogen-bond acceptors (Lipinski definition) is 5. The van der Waals surface area contributed by atoms with Gasteiger partial charge in [-0.1, -0.05) is 17.7 Å². The number of anilines is 1. The Morgan fingerprint density at radius 3 is 2.43 bits per heavy atom. The van der Waals surface area contributed by atoms with Crippen molar-refractivity contribution in [2.75, 3.05) is 37.4 Å². The number of sulfonamides is 1. The van der Waals surface area contributed by atoms with Crippen LogP contribution in [0.25, 0.3) is 0 Å². The highest BCUT2D eigenvalue weighted by molar-refractivity contribution is 7.93. The second-order valence-electron chi connectivity index (χ2n) is 7.62. The molecule has 2 fully saturated rings. The number of carbonyl (C=O) groups excluding carboxylic acids is 1. The van der Waals surface area contributed by atoms with Crippen molar-refractivity contribution in [2.24, 2.45) is 5.92 Å². The Morgan fingerprint density at radius 1 is 1.11 bits per heavy atom. The first-order valence-corrected chi connectivity index (χ1v) is 12.0. The van der Waals surface area contributed by atoms with E-state index in [1.165, 1.54) is 30.2 Å². The monoisotopic (exact) mass is 419 g/mol.